The van der Waals surface area contributed by atoms with E-state index in [1.807, 2.05) is 6.92 Å². The van der Waals surface area contributed by atoms with E-state index in [9.17, 15) is 19.9 Å². The molecule has 1 aliphatic heterocycles. The van der Waals surface area contributed by atoms with Gasteiger partial charge in [0.05, 0.1) is 25.0 Å². The first-order chi connectivity index (χ1) is 15.5. The van der Waals surface area contributed by atoms with Crippen LogP contribution in [0.2, 0.25) is 0 Å². The molecule has 0 radical (unpaired) electrons. The molecule has 2 aromatic rings. The zero-order valence-electron chi connectivity index (χ0n) is 18.1. The second-order valence-corrected chi connectivity index (χ2v) is 8.33. The van der Waals surface area contributed by atoms with E-state index in [1.165, 1.54) is 12.6 Å². The fraction of sp³-hybridized carbons (Fsp3) is 0.458. The Kier molecular flexibility index (Phi) is 6.72. The van der Waals surface area contributed by atoms with Crippen LogP contribution < -0.4 is 14.5 Å². The summed E-state index contributed by atoms with van der Waals surface area (Å²) < 4.78 is 12.0. The smallest absolute Gasteiger partial charge is 0.304 e. The largest absolute Gasteiger partial charge is 0.628 e. The zero-order chi connectivity index (χ0) is 22.7. The maximum absolute atomic E-state index is 13.0. The number of rotatable bonds is 8. The Labute approximate surface area is 186 Å². The SMILES string of the molecule is CCOc1cc(C(CC(=O)O)C2C(=O)c3ncccc3[NH+]2[O-])ccc1OC1CCCCC1. The lowest BCUT2D eigenvalue weighted by Crippen LogP contribution is -3.06. The van der Waals surface area contributed by atoms with Gasteiger partial charge >= 0.3 is 5.97 Å². The lowest BCUT2D eigenvalue weighted by molar-refractivity contribution is -0.792. The Morgan fingerprint density at radius 3 is 2.72 bits per heavy atom. The lowest BCUT2D eigenvalue weighted by Gasteiger charge is -2.30. The number of Topliss-reactive ketones (excluding diaryl/α,β-unsaturated/α-hetero) is 1. The maximum atomic E-state index is 13.0. The van der Waals surface area contributed by atoms with Gasteiger partial charge in [-0.05, 0) is 56.4 Å². The number of hydrogen-bond acceptors (Lipinski definition) is 6. The second-order valence-electron chi connectivity index (χ2n) is 8.33. The number of carbonyl (C=O) groups excluding carboxylic acids is 1. The van der Waals surface area contributed by atoms with Gasteiger partial charge in [0, 0.05) is 12.3 Å². The number of carboxylic acids is 1. The Hall–Kier alpha value is -2.97. The van der Waals surface area contributed by atoms with E-state index in [0.717, 1.165) is 25.7 Å². The van der Waals surface area contributed by atoms with Gasteiger partial charge < -0.3 is 24.9 Å². The molecule has 32 heavy (non-hydrogen) atoms. The number of ether oxygens (including phenoxy) is 2. The molecule has 170 valence electrons. The summed E-state index contributed by atoms with van der Waals surface area (Å²) in [5.74, 6) is -1.24. The molecule has 3 unspecified atom stereocenters. The summed E-state index contributed by atoms with van der Waals surface area (Å²) in [5, 5.41) is 22.2. The summed E-state index contributed by atoms with van der Waals surface area (Å²) in [5.41, 5.74) is 0.923. The predicted molar refractivity (Wildman–Crippen MR) is 116 cm³/mol. The third kappa shape index (κ3) is 4.47. The van der Waals surface area contributed by atoms with Crippen molar-refractivity contribution in [2.75, 3.05) is 6.61 Å². The number of benzene rings is 1. The number of aromatic nitrogens is 1. The van der Waals surface area contributed by atoms with Gasteiger partial charge in [0.1, 0.15) is 0 Å². The van der Waals surface area contributed by atoms with Crippen LogP contribution in [-0.2, 0) is 4.79 Å². The molecule has 1 aromatic heterocycles. The van der Waals surface area contributed by atoms with Gasteiger partial charge in [-0.2, -0.15) is 0 Å². The van der Waals surface area contributed by atoms with E-state index in [1.54, 1.807) is 30.3 Å². The molecule has 1 saturated carbocycles. The summed E-state index contributed by atoms with van der Waals surface area (Å²) in [6, 6.07) is 7.27. The molecule has 2 aliphatic rings. The van der Waals surface area contributed by atoms with Crippen LogP contribution in [-0.4, -0.2) is 40.6 Å². The standard InChI is InChI=1S/C24H28N2O6/c1-2-31-20-13-15(10-11-19(20)32-16-7-4-3-5-8-16)17(14-21(27)28)23-24(29)22-18(26(23)30)9-6-12-25-22/h6,9-13,16-17,23,26H,2-5,7-8,14H2,1H3,(H,27,28). The third-order valence-electron chi connectivity index (χ3n) is 6.21. The first kappa shape index (κ1) is 22.2. The van der Waals surface area contributed by atoms with Crippen molar-refractivity contribution in [3.8, 4) is 11.5 Å². The number of hydroxylamine groups is 1. The maximum Gasteiger partial charge on any atom is 0.304 e. The van der Waals surface area contributed by atoms with E-state index in [4.69, 9.17) is 9.47 Å². The molecule has 1 fully saturated rings. The van der Waals surface area contributed by atoms with Crippen molar-refractivity contribution in [3.63, 3.8) is 0 Å². The normalized spacial score (nSPS) is 21.8. The molecule has 3 atom stereocenters. The number of quaternary nitrogens is 1. The highest BCUT2D eigenvalue weighted by Crippen LogP contribution is 2.37. The van der Waals surface area contributed by atoms with Gasteiger partial charge in [-0.3, -0.25) is 9.59 Å². The number of hydrogen-bond donors (Lipinski definition) is 2. The lowest BCUT2D eigenvalue weighted by atomic mass is 9.86. The van der Waals surface area contributed by atoms with Crippen LogP contribution >= 0.6 is 0 Å². The average Bonchev–Trinajstić information content (AvgIpc) is 3.04. The van der Waals surface area contributed by atoms with Crippen LogP contribution in [0.3, 0.4) is 0 Å². The van der Waals surface area contributed by atoms with Crippen LogP contribution in [0.1, 0.15) is 67.4 Å². The Morgan fingerprint density at radius 1 is 1.25 bits per heavy atom. The van der Waals surface area contributed by atoms with Crippen LogP contribution in [0.5, 0.6) is 11.5 Å². The van der Waals surface area contributed by atoms with Crippen LogP contribution in [0.25, 0.3) is 0 Å². The van der Waals surface area contributed by atoms with E-state index in [0.29, 0.717) is 23.7 Å². The summed E-state index contributed by atoms with van der Waals surface area (Å²) in [7, 11) is 0. The zero-order valence-corrected chi connectivity index (χ0v) is 18.1. The first-order valence-electron chi connectivity index (χ1n) is 11.2. The van der Waals surface area contributed by atoms with Gasteiger partial charge in [0.25, 0.3) is 0 Å². The molecule has 1 aliphatic carbocycles. The highest BCUT2D eigenvalue weighted by Gasteiger charge is 2.46. The summed E-state index contributed by atoms with van der Waals surface area (Å²) in [4.78, 5) is 28.7. The predicted octanol–water partition coefficient (Wildman–Crippen LogP) is 3.03. The van der Waals surface area contributed by atoms with Crippen LogP contribution in [0, 0.1) is 5.21 Å². The Balaban J connectivity index is 1.67. The van der Waals surface area contributed by atoms with Crippen molar-refractivity contribution in [3.05, 3.63) is 53.0 Å². The van der Waals surface area contributed by atoms with Crippen molar-refractivity contribution in [1.29, 1.82) is 0 Å². The number of nitrogens with zero attached hydrogens (tertiary/aromatic N) is 1. The average molecular weight is 440 g/mol. The molecule has 2 N–H and O–H groups in total. The van der Waals surface area contributed by atoms with Gasteiger partial charge in [-0.1, -0.05) is 12.5 Å². The second kappa shape index (κ2) is 9.67. The van der Waals surface area contributed by atoms with E-state index < -0.39 is 23.7 Å². The monoisotopic (exact) mass is 440 g/mol. The molecule has 0 spiro atoms. The summed E-state index contributed by atoms with van der Waals surface area (Å²) >= 11 is 0. The van der Waals surface area contributed by atoms with E-state index in [2.05, 4.69) is 4.98 Å². The topological polar surface area (TPSA) is 113 Å². The minimum atomic E-state index is -1.12. The molecule has 0 bridgehead atoms. The van der Waals surface area contributed by atoms with Gasteiger partial charge in [0.2, 0.25) is 5.78 Å². The fourth-order valence-corrected chi connectivity index (χ4v) is 4.70. The first-order valence-corrected chi connectivity index (χ1v) is 11.2. The highest BCUT2D eigenvalue weighted by molar-refractivity contribution is 6.04. The van der Waals surface area contributed by atoms with Crippen molar-refractivity contribution in [2.24, 2.45) is 0 Å². The quantitative estimate of drug-likeness (QED) is 0.607. The number of nitrogens with one attached hydrogen (secondary N) is 1. The number of aliphatic carboxylic acids is 1. The third-order valence-corrected chi connectivity index (χ3v) is 6.21. The minimum Gasteiger partial charge on any atom is -0.628 e. The Bertz CT molecular complexity index is 988. The molecule has 0 saturated heterocycles. The molecular formula is C24H28N2O6. The minimum absolute atomic E-state index is 0.111. The number of carbonyl (C=O) groups is 2. The number of pyridine rings is 1. The number of ketones is 1. The van der Waals surface area contributed by atoms with E-state index in [-0.39, 0.29) is 29.0 Å². The number of fused-ring (bicyclic) bond motifs is 1. The summed E-state index contributed by atoms with van der Waals surface area (Å²) in [6.45, 7) is 2.27. The van der Waals surface area contributed by atoms with Crippen LogP contribution in [0.4, 0.5) is 5.69 Å². The highest BCUT2D eigenvalue weighted by atomic mass is 16.5. The van der Waals surface area contributed by atoms with Gasteiger partial charge in [-0.25, -0.2) is 4.98 Å². The molecule has 8 heteroatoms. The molecule has 8 nitrogen and oxygen atoms in total. The molecular weight excluding hydrogens is 412 g/mol. The van der Waals surface area contributed by atoms with Gasteiger partial charge in [0.15, 0.2) is 28.9 Å². The Morgan fingerprint density at radius 2 is 2.03 bits per heavy atom. The summed E-state index contributed by atoms with van der Waals surface area (Å²) in [6.07, 6.45) is 6.70. The molecule has 4 rings (SSSR count). The molecule has 0 amide bonds. The fourth-order valence-electron chi connectivity index (χ4n) is 4.70. The van der Waals surface area contributed by atoms with Crippen LogP contribution in [0.15, 0.2) is 36.5 Å². The van der Waals surface area contributed by atoms with E-state index >= 15 is 0 Å². The van der Waals surface area contributed by atoms with Crippen molar-refractivity contribution < 1.29 is 29.2 Å². The molecule has 2 heterocycles. The van der Waals surface area contributed by atoms with Crippen molar-refractivity contribution in [1.82, 2.24) is 4.98 Å². The number of carboxylic acid groups (broad SMARTS) is 1. The molecule has 1 aromatic carbocycles. The van der Waals surface area contributed by atoms with Crippen molar-refractivity contribution >= 4 is 17.4 Å². The van der Waals surface area contributed by atoms with Gasteiger partial charge in [-0.15, -0.1) is 0 Å². The van der Waals surface area contributed by atoms with Crippen molar-refractivity contribution in [2.45, 2.75) is 63.5 Å².